The number of thioether (sulfide) groups is 1. The number of hydrogen-bond donors (Lipinski definition) is 0. The first-order chi connectivity index (χ1) is 15.5. The molecule has 180 valence electrons. The maximum absolute atomic E-state index is 11.7. The van der Waals surface area contributed by atoms with Gasteiger partial charge in [-0.2, -0.15) is 11.8 Å². The molecule has 32 heavy (non-hydrogen) atoms. The van der Waals surface area contributed by atoms with Crippen LogP contribution in [-0.2, 0) is 21.1 Å². The van der Waals surface area contributed by atoms with E-state index in [0.717, 1.165) is 45.8 Å². The van der Waals surface area contributed by atoms with Crippen LogP contribution >= 0.6 is 11.8 Å². The quantitative estimate of drug-likeness (QED) is 0.502. The Morgan fingerprint density at radius 3 is 2.53 bits per heavy atom. The summed E-state index contributed by atoms with van der Waals surface area (Å²) in [5, 5.41) is 0. The second-order valence-electron chi connectivity index (χ2n) is 9.63. The topological polar surface area (TPSA) is 53.1 Å². The fourth-order valence-electron chi connectivity index (χ4n) is 5.17. The minimum absolute atomic E-state index is 0.400. The van der Waals surface area contributed by atoms with Crippen molar-refractivity contribution in [2.45, 2.75) is 36.7 Å². The number of fused-ring (bicyclic) bond motifs is 1. The molecule has 0 amide bonds. The lowest BCUT2D eigenvalue weighted by molar-refractivity contribution is -0.00296. The van der Waals surface area contributed by atoms with Crippen molar-refractivity contribution in [3.05, 3.63) is 29.8 Å². The van der Waals surface area contributed by atoms with Crippen LogP contribution in [-0.4, -0.2) is 106 Å². The Hall–Kier alpha value is -0.640. The predicted molar refractivity (Wildman–Crippen MR) is 132 cm³/mol. The molecule has 8 heteroatoms. The molecule has 0 bridgehead atoms. The van der Waals surface area contributed by atoms with E-state index in [9.17, 15) is 8.42 Å². The van der Waals surface area contributed by atoms with Gasteiger partial charge in [0.1, 0.15) is 0 Å². The first-order valence-corrected chi connectivity index (χ1v) is 15.2. The molecule has 3 heterocycles. The van der Waals surface area contributed by atoms with Gasteiger partial charge in [-0.25, -0.2) is 8.42 Å². The van der Waals surface area contributed by atoms with Crippen LogP contribution in [0.1, 0.15) is 24.8 Å². The summed E-state index contributed by atoms with van der Waals surface area (Å²) in [6.45, 7) is 10.9. The average Bonchev–Trinajstić information content (AvgIpc) is 2.79. The molecule has 0 N–H and O–H groups in total. The number of benzene rings is 1. The SMILES string of the molecule is CS(=O)(=O)c1ccc(CN2CCN3CC(COCCCN4CCSCC4)CCC3C2)cc1. The number of rotatable bonds is 9. The highest BCUT2D eigenvalue weighted by Gasteiger charge is 2.32. The molecule has 0 aromatic heterocycles. The Kier molecular flexibility index (Phi) is 8.93. The van der Waals surface area contributed by atoms with Gasteiger partial charge in [-0.15, -0.1) is 0 Å². The van der Waals surface area contributed by atoms with E-state index < -0.39 is 9.84 Å². The van der Waals surface area contributed by atoms with Gasteiger partial charge < -0.3 is 9.64 Å². The summed E-state index contributed by atoms with van der Waals surface area (Å²) in [4.78, 5) is 8.17. The highest BCUT2D eigenvalue weighted by Crippen LogP contribution is 2.26. The fourth-order valence-corrected chi connectivity index (χ4v) is 6.78. The molecule has 1 aromatic rings. The van der Waals surface area contributed by atoms with Crippen molar-refractivity contribution in [3.8, 4) is 0 Å². The molecule has 2 atom stereocenters. The summed E-state index contributed by atoms with van der Waals surface area (Å²) >= 11 is 2.07. The average molecular weight is 482 g/mol. The Balaban J connectivity index is 1.13. The second-order valence-corrected chi connectivity index (χ2v) is 12.9. The number of hydrogen-bond acceptors (Lipinski definition) is 7. The van der Waals surface area contributed by atoms with Crippen LogP contribution < -0.4 is 0 Å². The van der Waals surface area contributed by atoms with Gasteiger partial charge in [0.15, 0.2) is 9.84 Å². The van der Waals surface area contributed by atoms with Gasteiger partial charge in [-0.3, -0.25) is 9.80 Å². The van der Waals surface area contributed by atoms with Crippen LogP contribution in [0.3, 0.4) is 0 Å². The van der Waals surface area contributed by atoms with Crippen LogP contribution in [0.2, 0.25) is 0 Å². The third-order valence-electron chi connectivity index (χ3n) is 7.07. The summed E-state index contributed by atoms with van der Waals surface area (Å²) in [5.41, 5.74) is 1.19. The van der Waals surface area contributed by atoms with E-state index in [1.807, 2.05) is 12.1 Å². The van der Waals surface area contributed by atoms with E-state index in [2.05, 4.69) is 26.5 Å². The Labute approximate surface area is 198 Å². The van der Waals surface area contributed by atoms with E-state index >= 15 is 0 Å². The van der Waals surface area contributed by atoms with Gasteiger partial charge in [0.25, 0.3) is 0 Å². The molecule has 1 aromatic carbocycles. The molecule has 4 rings (SSSR count). The predicted octanol–water partition coefficient (Wildman–Crippen LogP) is 2.44. The molecule has 0 aliphatic carbocycles. The standard InChI is InChI=1S/C24H39N3O3S2/c1-32(28,29)24-7-4-21(5-8-24)17-26-10-11-27-18-22(3-6-23(27)19-26)20-30-14-2-9-25-12-15-31-16-13-25/h4-5,7-8,22-23H,2-3,6,9-20H2,1H3. The van der Waals surface area contributed by atoms with Crippen molar-refractivity contribution in [1.82, 2.24) is 14.7 Å². The summed E-state index contributed by atoms with van der Waals surface area (Å²) in [6.07, 6.45) is 4.94. The van der Waals surface area contributed by atoms with Crippen LogP contribution in [0.4, 0.5) is 0 Å². The smallest absolute Gasteiger partial charge is 0.175 e. The van der Waals surface area contributed by atoms with Gasteiger partial charge >= 0.3 is 0 Å². The lowest BCUT2D eigenvalue weighted by atomic mass is 9.91. The maximum Gasteiger partial charge on any atom is 0.175 e. The first-order valence-electron chi connectivity index (χ1n) is 12.1. The van der Waals surface area contributed by atoms with Crippen molar-refractivity contribution in [2.75, 3.05) is 76.8 Å². The number of nitrogens with zero attached hydrogens (tertiary/aromatic N) is 3. The highest BCUT2D eigenvalue weighted by atomic mass is 32.2. The van der Waals surface area contributed by atoms with Gasteiger partial charge in [-0.1, -0.05) is 12.1 Å². The van der Waals surface area contributed by atoms with Crippen LogP contribution in [0.5, 0.6) is 0 Å². The van der Waals surface area contributed by atoms with E-state index in [4.69, 9.17) is 4.74 Å². The van der Waals surface area contributed by atoms with Crippen molar-refractivity contribution >= 4 is 21.6 Å². The molecule has 3 aliphatic rings. The number of piperidine rings is 1. The maximum atomic E-state index is 11.7. The zero-order chi connectivity index (χ0) is 22.4. The zero-order valence-corrected chi connectivity index (χ0v) is 21.1. The third-order valence-corrected chi connectivity index (χ3v) is 9.14. The first kappa shape index (κ1) is 24.5. The Bertz CT molecular complexity index is 812. The van der Waals surface area contributed by atoms with Crippen molar-refractivity contribution in [3.63, 3.8) is 0 Å². The van der Waals surface area contributed by atoms with Gasteiger partial charge in [-0.05, 0) is 42.9 Å². The lowest BCUT2D eigenvalue weighted by Crippen LogP contribution is -2.56. The molecule has 3 fully saturated rings. The second kappa shape index (κ2) is 11.7. The lowest BCUT2D eigenvalue weighted by Gasteiger charge is -2.46. The summed E-state index contributed by atoms with van der Waals surface area (Å²) < 4.78 is 29.4. The van der Waals surface area contributed by atoms with Gasteiger partial charge in [0.2, 0.25) is 0 Å². The molecule has 2 unspecified atom stereocenters. The van der Waals surface area contributed by atoms with E-state index in [1.54, 1.807) is 12.1 Å². The highest BCUT2D eigenvalue weighted by molar-refractivity contribution is 7.99. The fraction of sp³-hybridized carbons (Fsp3) is 0.750. The third kappa shape index (κ3) is 7.18. The molecule has 0 saturated carbocycles. The largest absolute Gasteiger partial charge is 0.381 e. The van der Waals surface area contributed by atoms with Crippen LogP contribution in [0.25, 0.3) is 0 Å². The molecule has 3 saturated heterocycles. The minimum atomic E-state index is -3.12. The molecular weight excluding hydrogens is 442 g/mol. The number of piperazine rings is 1. The van der Waals surface area contributed by atoms with Crippen LogP contribution in [0.15, 0.2) is 29.2 Å². The summed E-state index contributed by atoms with van der Waals surface area (Å²) in [6, 6.07) is 8.03. The van der Waals surface area contributed by atoms with E-state index in [0.29, 0.717) is 16.9 Å². The molecule has 0 radical (unpaired) electrons. The molecule has 3 aliphatic heterocycles. The molecule has 0 spiro atoms. The Morgan fingerprint density at radius 2 is 1.78 bits per heavy atom. The molecule has 6 nitrogen and oxygen atoms in total. The van der Waals surface area contributed by atoms with Crippen molar-refractivity contribution in [2.24, 2.45) is 5.92 Å². The van der Waals surface area contributed by atoms with Crippen molar-refractivity contribution in [1.29, 1.82) is 0 Å². The van der Waals surface area contributed by atoms with Gasteiger partial charge in [0.05, 0.1) is 11.5 Å². The Morgan fingerprint density at radius 1 is 1.00 bits per heavy atom. The zero-order valence-electron chi connectivity index (χ0n) is 19.5. The molecular formula is C24H39N3O3S2. The normalized spacial score (nSPS) is 26.2. The van der Waals surface area contributed by atoms with Crippen LogP contribution in [0, 0.1) is 5.92 Å². The minimum Gasteiger partial charge on any atom is -0.381 e. The monoisotopic (exact) mass is 481 g/mol. The number of sulfone groups is 1. The summed E-state index contributed by atoms with van der Waals surface area (Å²) in [5.74, 6) is 3.24. The number of ether oxygens (including phenoxy) is 1. The summed E-state index contributed by atoms with van der Waals surface area (Å²) in [7, 11) is -3.12. The van der Waals surface area contributed by atoms with E-state index in [1.165, 1.54) is 62.3 Å². The van der Waals surface area contributed by atoms with E-state index in [-0.39, 0.29) is 0 Å². The van der Waals surface area contributed by atoms with Crippen molar-refractivity contribution < 1.29 is 13.2 Å². The van der Waals surface area contributed by atoms with Gasteiger partial charge in [0, 0.05) is 82.8 Å².